The second-order valence-corrected chi connectivity index (χ2v) is 4.30. The molecule has 0 amide bonds. The maximum absolute atomic E-state index is 11.1. The zero-order valence-corrected chi connectivity index (χ0v) is 11.3. The van der Waals surface area contributed by atoms with Gasteiger partial charge in [0.25, 0.3) is 0 Å². The average Bonchev–Trinajstić information content (AvgIpc) is 2.37. The molecule has 0 saturated heterocycles. The third-order valence-electron chi connectivity index (χ3n) is 2.86. The van der Waals surface area contributed by atoms with Gasteiger partial charge < -0.3 is 11.1 Å². The Morgan fingerprint density at radius 1 is 1.40 bits per heavy atom. The molecule has 20 heavy (non-hydrogen) atoms. The van der Waals surface area contributed by atoms with E-state index in [-0.39, 0.29) is 23.1 Å². The SMILES string of the molecule is CCc1cccc(Nc2nc(N)nc(C)c2[N+](=O)[O-])c1. The van der Waals surface area contributed by atoms with Crippen LogP contribution in [-0.4, -0.2) is 14.9 Å². The van der Waals surface area contributed by atoms with Crippen molar-refractivity contribution in [2.24, 2.45) is 0 Å². The van der Waals surface area contributed by atoms with Gasteiger partial charge in [0.15, 0.2) is 0 Å². The van der Waals surface area contributed by atoms with E-state index >= 15 is 0 Å². The molecule has 7 heteroatoms. The lowest BCUT2D eigenvalue weighted by Crippen LogP contribution is -2.07. The van der Waals surface area contributed by atoms with Gasteiger partial charge in [-0.2, -0.15) is 4.98 Å². The molecule has 0 atom stereocenters. The molecule has 1 heterocycles. The monoisotopic (exact) mass is 273 g/mol. The first-order chi connectivity index (χ1) is 9.51. The van der Waals surface area contributed by atoms with Crippen LogP contribution < -0.4 is 11.1 Å². The summed E-state index contributed by atoms with van der Waals surface area (Å²) in [6.07, 6.45) is 0.878. The van der Waals surface area contributed by atoms with E-state index in [1.807, 2.05) is 31.2 Å². The quantitative estimate of drug-likeness (QED) is 0.655. The van der Waals surface area contributed by atoms with Crippen LogP contribution in [0.1, 0.15) is 18.2 Å². The van der Waals surface area contributed by atoms with Crippen molar-refractivity contribution in [3.05, 3.63) is 45.6 Å². The van der Waals surface area contributed by atoms with E-state index < -0.39 is 4.92 Å². The number of rotatable bonds is 4. The number of nitrogen functional groups attached to an aromatic ring is 1. The van der Waals surface area contributed by atoms with Crippen LogP contribution in [-0.2, 0) is 6.42 Å². The highest BCUT2D eigenvalue weighted by Gasteiger charge is 2.21. The molecular weight excluding hydrogens is 258 g/mol. The lowest BCUT2D eigenvalue weighted by atomic mass is 10.1. The van der Waals surface area contributed by atoms with Gasteiger partial charge in [-0.05, 0) is 31.0 Å². The van der Waals surface area contributed by atoms with Gasteiger partial charge in [0.1, 0.15) is 5.69 Å². The summed E-state index contributed by atoms with van der Waals surface area (Å²) in [5.74, 6) is 0.107. The minimum Gasteiger partial charge on any atom is -0.368 e. The van der Waals surface area contributed by atoms with Crippen LogP contribution >= 0.6 is 0 Å². The van der Waals surface area contributed by atoms with Crippen LogP contribution in [0.25, 0.3) is 0 Å². The molecule has 1 aromatic carbocycles. The molecular formula is C13H15N5O2. The first-order valence-electron chi connectivity index (χ1n) is 6.15. The predicted octanol–water partition coefficient (Wildman–Crippen LogP) is 2.58. The van der Waals surface area contributed by atoms with Crippen molar-refractivity contribution in [3.63, 3.8) is 0 Å². The molecule has 0 aliphatic rings. The summed E-state index contributed by atoms with van der Waals surface area (Å²) in [7, 11) is 0. The van der Waals surface area contributed by atoms with Gasteiger partial charge in [-0.15, -0.1) is 0 Å². The molecule has 3 N–H and O–H groups in total. The third kappa shape index (κ3) is 2.82. The fraction of sp³-hybridized carbons (Fsp3) is 0.231. The summed E-state index contributed by atoms with van der Waals surface area (Å²) in [5.41, 5.74) is 7.47. The molecule has 0 aliphatic heterocycles. The maximum atomic E-state index is 11.1. The average molecular weight is 273 g/mol. The molecule has 0 saturated carbocycles. The Balaban J connectivity index is 2.44. The number of nitro groups is 1. The predicted molar refractivity (Wildman–Crippen MR) is 76.9 cm³/mol. The minimum absolute atomic E-state index is 0.00208. The van der Waals surface area contributed by atoms with E-state index in [1.165, 1.54) is 6.92 Å². The zero-order valence-electron chi connectivity index (χ0n) is 11.3. The highest BCUT2D eigenvalue weighted by molar-refractivity contribution is 5.68. The van der Waals surface area contributed by atoms with E-state index in [1.54, 1.807) is 0 Å². The normalized spacial score (nSPS) is 10.3. The molecule has 0 fully saturated rings. The number of aryl methyl sites for hydroxylation is 2. The van der Waals surface area contributed by atoms with Gasteiger partial charge in [-0.3, -0.25) is 10.1 Å². The minimum atomic E-state index is -0.513. The van der Waals surface area contributed by atoms with E-state index in [4.69, 9.17) is 5.73 Å². The Bertz CT molecular complexity index is 657. The van der Waals surface area contributed by atoms with Crippen LogP contribution in [0.3, 0.4) is 0 Å². The fourth-order valence-electron chi connectivity index (χ4n) is 1.90. The Morgan fingerprint density at radius 3 is 2.80 bits per heavy atom. The smallest absolute Gasteiger partial charge is 0.332 e. The van der Waals surface area contributed by atoms with Gasteiger partial charge in [0, 0.05) is 5.69 Å². The van der Waals surface area contributed by atoms with Crippen molar-refractivity contribution in [1.82, 2.24) is 9.97 Å². The number of hydrogen-bond donors (Lipinski definition) is 2. The van der Waals surface area contributed by atoms with Crippen LogP contribution in [0.2, 0.25) is 0 Å². The number of nitrogens with zero attached hydrogens (tertiary/aromatic N) is 3. The van der Waals surface area contributed by atoms with Crippen molar-refractivity contribution in [3.8, 4) is 0 Å². The number of hydrogen-bond acceptors (Lipinski definition) is 6. The highest BCUT2D eigenvalue weighted by atomic mass is 16.6. The molecule has 104 valence electrons. The van der Waals surface area contributed by atoms with Crippen molar-refractivity contribution in [2.75, 3.05) is 11.1 Å². The lowest BCUT2D eigenvalue weighted by molar-refractivity contribution is -0.385. The van der Waals surface area contributed by atoms with E-state index in [0.29, 0.717) is 0 Å². The standard InChI is InChI=1S/C13H15N5O2/c1-3-9-5-4-6-10(7-9)16-12-11(18(19)20)8(2)15-13(14)17-12/h4-7H,3H2,1-2H3,(H3,14,15,16,17). The molecule has 1 aromatic heterocycles. The first-order valence-corrected chi connectivity index (χ1v) is 6.15. The number of benzene rings is 1. The molecule has 2 aromatic rings. The summed E-state index contributed by atoms with van der Waals surface area (Å²) in [6, 6.07) is 7.59. The van der Waals surface area contributed by atoms with E-state index in [2.05, 4.69) is 15.3 Å². The van der Waals surface area contributed by atoms with Crippen LogP contribution in [0.15, 0.2) is 24.3 Å². The Kier molecular flexibility index (Phi) is 3.79. The third-order valence-corrected chi connectivity index (χ3v) is 2.86. The van der Waals surface area contributed by atoms with Gasteiger partial charge in [-0.25, -0.2) is 4.98 Å². The molecule has 2 rings (SSSR count). The number of nitrogens with two attached hydrogens (primary N) is 1. The summed E-state index contributed by atoms with van der Waals surface area (Å²) in [6.45, 7) is 3.57. The van der Waals surface area contributed by atoms with Crippen molar-refractivity contribution in [2.45, 2.75) is 20.3 Å². The molecule has 0 radical (unpaired) electrons. The van der Waals surface area contributed by atoms with Gasteiger partial charge >= 0.3 is 5.69 Å². The largest absolute Gasteiger partial charge is 0.368 e. The van der Waals surface area contributed by atoms with Crippen LogP contribution in [0.5, 0.6) is 0 Å². The molecule has 0 bridgehead atoms. The van der Waals surface area contributed by atoms with Crippen molar-refractivity contribution in [1.29, 1.82) is 0 Å². The number of aromatic nitrogens is 2. The second kappa shape index (κ2) is 5.52. The summed E-state index contributed by atoms with van der Waals surface area (Å²) in [4.78, 5) is 18.3. The first kappa shape index (κ1) is 13.7. The van der Waals surface area contributed by atoms with E-state index in [0.717, 1.165) is 17.7 Å². The Labute approximate surface area is 116 Å². The fourth-order valence-corrected chi connectivity index (χ4v) is 1.90. The van der Waals surface area contributed by atoms with E-state index in [9.17, 15) is 10.1 Å². The van der Waals surface area contributed by atoms with Crippen LogP contribution in [0, 0.1) is 17.0 Å². The molecule has 0 spiro atoms. The summed E-state index contributed by atoms with van der Waals surface area (Å²) in [5, 5.41) is 14.0. The maximum Gasteiger partial charge on any atom is 0.332 e. The highest BCUT2D eigenvalue weighted by Crippen LogP contribution is 2.28. The van der Waals surface area contributed by atoms with Crippen molar-refractivity contribution < 1.29 is 4.92 Å². The topological polar surface area (TPSA) is 107 Å². The number of anilines is 3. The molecule has 7 nitrogen and oxygen atoms in total. The lowest BCUT2D eigenvalue weighted by Gasteiger charge is -2.09. The summed E-state index contributed by atoms with van der Waals surface area (Å²) >= 11 is 0. The zero-order chi connectivity index (χ0) is 14.7. The van der Waals surface area contributed by atoms with Crippen molar-refractivity contribution >= 4 is 23.1 Å². The molecule has 0 aliphatic carbocycles. The molecule has 0 unspecified atom stereocenters. The van der Waals surface area contributed by atoms with Gasteiger partial charge in [-0.1, -0.05) is 19.1 Å². The number of nitrogens with one attached hydrogen (secondary N) is 1. The van der Waals surface area contributed by atoms with Gasteiger partial charge in [0.2, 0.25) is 11.8 Å². The second-order valence-electron chi connectivity index (χ2n) is 4.30. The van der Waals surface area contributed by atoms with Crippen LogP contribution in [0.4, 0.5) is 23.1 Å². The Morgan fingerprint density at radius 2 is 2.15 bits per heavy atom. The van der Waals surface area contributed by atoms with Gasteiger partial charge in [0.05, 0.1) is 4.92 Å². The Hall–Kier alpha value is -2.70. The summed E-state index contributed by atoms with van der Waals surface area (Å²) < 4.78 is 0.